The van der Waals surface area contributed by atoms with Gasteiger partial charge in [0.1, 0.15) is 0 Å². The van der Waals surface area contributed by atoms with E-state index in [1.807, 2.05) is 0 Å². The molecule has 5 nitrogen and oxygen atoms in total. The lowest BCUT2D eigenvalue weighted by atomic mass is 10.2. The minimum Gasteiger partial charge on any atom is -0.481 e. The van der Waals surface area contributed by atoms with Crippen molar-refractivity contribution in [2.45, 2.75) is 13.0 Å². The molecular formula is C11H10N2O3S. The average molecular weight is 250 g/mol. The maximum Gasteiger partial charge on any atom is 0.307 e. The topological polar surface area (TPSA) is 72.2 Å². The monoisotopic (exact) mass is 250 g/mol. The standard InChI is InChI=1S/C11H10N2O3S/c14-10(15)3-6-13-9(7-17-11(13)16)8-1-4-12-5-2-8/h1-2,4-5,7H,3,6H2,(H,14,15). The molecule has 2 aromatic rings. The molecule has 1 N–H and O–H groups in total. The Bertz CT molecular complexity index is 574. The number of hydrogen-bond donors (Lipinski definition) is 1. The van der Waals surface area contributed by atoms with Crippen molar-refractivity contribution in [3.05, 3.63) is 39.6 Å². The summed E-state index contributed by atoms with van der Waals surface area (Å²) in [6.07, 6.45) is 3.22. The molecule has 0 unspecified atom stereocenters. The first kappa shape index (κ1) is 11.5. The third-order valence-corrected chi connectivity index (χ3v) is 3.07. The Kier molecular flexibility index (Phi) is 3.34. The largest absolute Gasteiger partial charge is 0.481 e. The summed E-state index contributed by atoms with van der Waals surface area (Å²) in [5.74, 6) is -0.913. The Balaban J connectivity index is 2.36. The molecule has 0 aliphatic heterocycles. The average Bonchev–Trinajstić information content (AvgIpc) is 2.69. The number of rotatable bonds is 4. The zero-order chi connectivity index (χ0) is 12.3. The van der Waals surface area contributed by atoms with Crippen LogP contribution in [0.25, 0.3) is 11.3 Å². The van der Waals surface area contributed by atoms with Gasteiger partial charge >= 0.3 is 10.8 Å². The highest BCUT2D eigenvalue weighted by molar-refractivity contribution is 7.07. The molecule has 0 aromatic carbocycles. The van der Waals surface area contributed by atoms with E-state index >= 15 is 0 Å². The van der Waals surface area contributed by atoms with Crippen LogP contribution in [0.5, 0.6) is 0 Å². The number of hydrogen-bond acceptors (Lipinski definition) is 4. The van der Waals surface area contributed by atoms with Gasteiger partial charge in [0.15, 0.2) is 0 Å². The molecule has 0 saturated heterocycles. The van der Waals surface area contributed by atoms with Crippen molar-refractivity contribution in [3.63, 3.8) is 0 Å². The predicted molar refractivity (Wildman–Crippen MR) is 64.1 cm³/mol. The van der Waals surface area contributed by atoms with Crippen LogP contribution in [0, 0.1) is 0 Å². The van der Waals surface area contributed by atoms with Crippen molar-refractivity contribution < 1.29 is 9.90 Å². The molecule has 0 saturated carbocycles. The minimum atomic E-state index is -0.913. The molecule has 0 bridgehead atoms. The summed E-state index contributed by atoms with van der Waals surface area (Å²) in [5.41, 5.74) is 1.60. The van der Waals surface area contributed by atoms with Crippen LogP contribution in [0.2, 0.25) is 0 Å². The minimum absolute atomic E-state index is 0.0608. The van der Waals surface area contributed by atoms with Crippen molar-refractivity contribution in [3.8, 4) is 11.3 Å². The summed E-state index contributed by atoms with van der Waals surface area (Å²) in [6.45, 7) is 0.190. The molecule has 2 rings (SSSR count). The fourth-order valence-electron chi connectivity index (χ4n) is 1.50. The Hall–Kier alpha value is -1.95. The number of pyridine rings is 1. The molecule has 0 fully saturated rings. The van der Waals surface area contributed by atoms with E-state index in [0.29, 0.717) is 0 Å². The fraction of sp³-hybridized carbons (Fsp3) is 0.182. The lowest BCUT2D eigenvalue weighted by Crippen LogP contribution is -2.16. The number of carbonyl (C=O) groups is 1. The molecular weight excluding hydrogens is 240 g/mol. The number of aromatic nitrogens is 2. The molecule has 0 spiro atoms. The third kappa shape index (κ3) is 2.59. The lowest BCUT2D eigenvalue weighted by molar-refractivity contribution is -0.137. The Morgan fingerprint density at radius 2 is 2.12 bits per heavy atom. The highest BCUT2D eigenvalue weighted by Crippen LogP contribution is 2.19. The number of carboxylic acid groups (broad SMARTS) is 1. The fourth-order valence-corrected chi connectivity index (χ4v) is 2.29. The summed E-state index contributed by atoms with van der Waals surface area (Å²) in [7, 11) is 0. The van der Waals surface area contributed by atoms with Crippen molar-refractivity contribution >= 4 is 17.3 Å². The zero-order valence-corrected chi connectivity index (χ0v) is 9.68. The van der Waals surface area contributed by atoms with Gasteiger partial charge in [-0.2, -0.15) is 0 Å². The molecule has 0 atom stereocenters. The van der Waals surface area contributed by atoms with Gasteiger partial charge in [0.2, 0.25) is 0 Å². The first-order chi connectivity index (χ1) is 8.18. The van der Waals surface area contributed by atoms with Gasteiger partial charge in [0.05, 0.1) is 12.1 Å². The highest BCUT2D eigenvalue weighted by Gasteiger charge is 2.09. The SMILES string of the molecule is O=C(O)CCn1c(-c2ccncc2)csc1=O. The van der Waals surface area contributed by atoms with E-state index in [2.05, 4.69) is 4.98 Å². The molecule has 0 aliphatic rings. The number of thiazole rings is 1. The molecule has 2 heterocycles. The number of carboxylic acids is 1. The van der Waals surface area contributed by atoms with Gasteiger partial charge < -0.3 is 5.11 Å². The van der Waals surface area contributed by atoms with Gasteiger partial charge in [-0.3, -0.25) is 19.1 Å². The molecule has 2 aromatic heterocycles. The highest BCUT2D eigenvalue weighted by atomic mass is 32.1. The first-order valence-electron chi connectivity index (χ1n) is 4.99. The van der Waals surface area contributed by atoms with E-state index in [-0.39, 0.29) is 17.8 Å². The van der Waals surface area contributed by atoms with Crippen molar-refractivity contribution in [2.24, 2.45) is 0 Å². The third-order valence-electron chi connectivity index (χ3n) is 2.31. The smallest absolute Gasteiger partial charge is 0.307 e. The molecule has 17 heavy (non-hydrogen) atoms. The van der Waals surface area contributed by atoms with Gasteiger partial charge in [-0.25, -0.2) is 0 Å². The summed E-state index contributed by atoms with van der Waals surface area (Å²) in [6, 6.07) is 3.58. The van der Waals surface area contributed by atoms with Gasteiger partial charge in [-0.15, -0.1) is 0 Å². The Labute approximate surface area is 101 Å². The van der Waals surface area contributed by atoms with Crippen molar-refractivity contribution in [2.75, 3.05) is 0 Å². The quantitative estimate of drug-likeness (QED) is 0.891. The van der Waals surface area contributed by atoms with Crippen LogP contribution in [0.15, 0.2) is 34.7 Å². The van der Waals surface area contributed by atoms with Crippen LogP contribution in [0.4, 0.5) is 0 Å². The normalized spacial score (nSPS) is 10.4. The summed E-state index contributed by atoms with van der Waals surface area (Å²) in [4.78, 5) is 25.9. The number of aliphatic carboxylic acids is 1. The van der Waals surface area contributed by atoms with E-state index in [9.17, 15) is 9.59 Å². The van der Waals surface area contributed by atoms with Gasteiger partial charge in [-0.1, -0.05) is 11.3 Å². The van der Waals surface area contributed by atoms with Crippen LogP contribution in [-0.2, 0) is 11.3 Å². The first-order valence-corrected chi connectivity index (χ1v) is 5.87. The van der Waals surface area contributed by atoms with E-state index in [1.165, 1.54) is 4.57 Å². The Morgan fingerprint density at radius 3 is 2.76 bits per heavy atom. The second kappa shape index (κ2) is 4.92. The summed E-state index contributed by atoms with van der Waals surface area (Å²) < 4.78 is 1.48. The van der Waals surface area contributed by atoms with E-state index < -0.39 is 5.97 Å². The molecule has 0 aliphatic carbocycles. The van der Waals surface area contributed by atoms with Gasteiger partial charge in [0.25, 0.3) is 0 Å². The molecule has 6 heteroatoms. The number of nitrogens with zero attached hydrogens (tertiary/aromatic N) is 2. The van der Waals surface area contributed by atoms with E-state index in [4.69, 9.17) is 5.11 Å². The summed E-state index contributed by atoms with van der Waals surface area (Å²) >= 11 is 1.07. The second-order valence-electron chi connectivity index (χ2n) is 3.42. The lowest BCUT2D eigenvalue weighted by Gasteiger charge is -2.05. The maximum absolute atomic E-state index is 11.6. The van der Waals surface area contributed by atoms with E-state index in [1.54, 1.807) is 29.9 Å². The molecule has 88 valence electrons. The van der Waals surface area contributed by atoms with Crippen molar-refractivity contribution in [1.29, 1.82) is 0 Å². The maximum atomic E-state index is 11.6. The molecule has 0 amide bonds. The predicted octanol–water partition coefficient (Wildman–Crippen LogP) is 1.45. The Morgan fingerprint density at radius 1 is 1.41 bits per heavy atom. The second-order valence-corrected chi connectivity index (χ2v) is 4.24. The van der Waals surface area contributed by atoms with Crippen LogP contribution in [0.3, 0.4) is 0 Å². The van der Waals surface area contributed by atoms with Crippen LogP contribution >= 0.6 is 11.3 Å². The van der Waals surface area contributed by atoms with Crippen LogP contribution < -0.4 is 4.87 Å². The van der Waals surface area contributed by atoms with Crippen molar-refractivity contribution in [1.82, 2.24) is 9.55 Å². The summed E-state index contributed by atoms with van der Waals surface area (Å²) in [5, 5.41) is 10.4. The van der Waals surface area contributed by atoms with Crippen LogP contribution in [0.1, 0.15) is 6.42 Å². The van der Waals surface area contributed by atoms with E-state index in [0.717, 1.165) is 22.6 Å². The van der Waals surface area contributed by atoms with Gasteiger partial charge in [0, 0.05) is 29.9 Å². The zero-order valence-electron chi connectivity index (χ0n) is 8.87. The van der Waals surface area contributed by atoms with Crippen LogP contribution in [-0.4, -0.2) is 20.6 Å². The van der Waals surface area contributed by atoms with Gasteiger partial charge in [-0.05, 0) is 12.1 Å². The molecule has 0 radical (unpaired) electrons.